The second-order valence-electron chi connectivity index (χ2n) is 7.12. The molecule has 152 valence electrons. The van der Waals surface area contributed by atoms with E-state index in [9.17, 15) is 0 Å². The fraction of sp³-hybridized carbons (Fsp3) is 0.524. The molecular formula is C21H30BrN5O. The molecule has 1 aromatic carbocycles. The van der Waals surface area contributed by atoms with Gasteiger partial charge in [0.05, 0.1) is 5.69 Å². The van der Waals surface area contributed by atoms with Crippen molar-refractivity contribution in [1.82, 2.24) is 15.8 Å². The number of hydrogen-bond acceptors (Lipinski definition) is 4. The van der Waals surface area contributed by atoms with Crippen molar-refractivity contribution in [2.45, 2.75) is 39.7 Å². The number of aromatic nitrogens is 1. The predicted molar refractivity (Wildman–Crippen MR) is 118 cm³/mol. The molecule has 1 aliphatic heterocycles. The zero-order valence-corrected chi connectivity index (χ0v) is 18.6. The summed E-state index contributed by atoms with van der Waals surface area (Å²) >= 11 is 3.50. The molecular weight excluding hydrogens is 418 g/mol. The zero-order valence-electron chi connectivity index (χ0n) is 17.0. The van der Waals surface area contributed by atoms with Crippen LogP contribution in [0.2, 0.25) is 0 Å². The Labute approximate surface area is 175 Å². The maximum atomic E-state index is 5.45. The van der Waals surface area contributed by atoms with Gasteiger partial charge in [0.25, 0.3) is 0 Å². The van der Waals surface area contributed by atoms with Crippen LogP contribution in [0.3, 0.4) is 0 Å². The number of aryl methyl sites for hydroxylation is 2. The first-order valence-corrected chi connectivity index (χ1v) is 10.8. The Morgan fingerprint density at radius 1 is 1.25 bits per heavy atom. The van der Waals surface area contributed by atoms with Gasteiger partial charge >= 0.3 is 0 Å². The minimum Gasteiger partial charge on any atom is -0.371 e. The number of hydrogen-bond donors (Lipinski definition) is 2. The van der Waals surface area contributed by atoms with Gasteiger partial charge in [0.1, 0.15) is 5.76 Å². The van der Waals surface area contributed by atoms with Crippen molar-refractivity contribution in [1.29, 1.82) is 0 Å². The van der Waals surface area contributed by atoms with E-state index in [0.717, 1.165) is 59.9 Å². The molecule has 2 N–H and O–H groups in total. The normalized spacial score (nSPS) is 17.2. The lowest BCUT2D eigenvalue weighted by Gasteiger charge is -2.19. The SMILES string of the molecule is CCc1noc(CC)c1CNC(=NC)NCC1CCN(c2ccc(Br)cc2)C1. The summed E-state index contributed by atoms with van der Waals surface area (Å²) < 4.78 is 6.56. The van der Waals surface area contributed by atoms with E-state index in [2.05, 4.69) is 79.7 Å². The quantitative estimate of drug-likeness (QED) is 0.499. The summed E-state index contributed by atoms with van der Waals surface area (Å²) in [5, 5.41) is 11.1. The molecule has 7 heteroatoms. The molecule has 0 radical (unpaired) electrons. The Hall–Kier alpha value is -2.02. The van der Waals surface area contributed by atoms with Gasteiger partial charge in [-0.3, -0.25) is 4.99 Å². The Balaban J connectivity index is 1.48. The van der Waals surface area contributed by atoms with Gasteiger partial charge in [-0.05, 0) is 43.0 Å². The molecule has 1 saturated heterocycles. The van der Waals surface area contributed by atoms with Gasteiger partial charge in [-0.15, -0.1) is 0 Å². The summed E-state index contributed by atoms with van der Waals surface area (Å²) in [6.45, 7) is 7.96. The first-order valence-electron chi connectivity index (χ1n) is 10.1. The van der Waals surface area contributed by atoms with Crippen molar-refractivity contribution >= 4 is 27.6 Å². The van der Waals surface area contributed by atoms with E-state index in [-0.39, 0.29) is 0 Å². The van der Waals surface area contributed by atoms with Crippen LogP contribution in [0.15, 0.2) is 38.3 Å². The topological polar surface area (TPSA) is 65.7 Å². The Morgan fingerprint density at radius 2 is 2.04 bits per heavy atom. The van der Waals surface area contributed by atoms with Crippen molar-refractivity contribution < 1.29 is 4.52 Å². The molecule has 1 atom stereocenters. The van der Waals surface area contributed by atoms with Crippen LogP contribution in [0.4, 0.5) is 5.69 Å². The second-order valence-corrected chi connectivity index (χ2v) is 8.04. The highest BCUT2D eigenvalue weighted by molar-refractivity contribution is 9.10. The molecule has 6 nitrogen and oxygen atoms in total. The Bertz CT molecular complexity index is 765. The largest absolute Gasteiger partial charge is 0.371 e. The van der Waals surface area contributed by atoms with Gasteiger partial charge < -0.3 is 20.1 Å². The highest BCUT2D eigenvalue weighted by Crippen LogP contribution is 2.25. The molecule has 1 unspecified atom stereocenters. The molecule has 2 aromatic rings. The van der Waals surface area contributed by atoms with Crippen molar-refractivity contribution in [3.8, 4) is 0 Å². The molecule has 0 spiro atoms. The van der Waals surface area contributed by atoms with Gasteiger partial charge in [-0.2, -0.15) is 0 Å². The van der Waals surface area contributed by atoms with Crippen LogP contribution in [0.5, 0.6) is 0 Å². The number of benzene rings is 1. The maximum Gasteiger partial charge on any atom is 0.191 e. The third kappa shape index (κ3) is 5.07. The molecule has 0 aliphatic carbocycles. The van der Waals surface area contributed by atoms with E-state index < -0.39 is 0 Å². The lowest BCUT2D eigenvalue weighted by atomic mass is 10.1. The highest BCUT2D eigenvalue weighted by Gasteiger charge is 2.23. The van der Waals surface area contributed by atoms with Crippen LogP contribution in [0.25, 0.3) is 0 Å². The third-order valence-corrected chi connectivity index (χ3v) is 5.83. The first-order chi connectivity index (χ1) is 13.6. The van der Waals surface area contributed by atoms with Crippen LogP contribution in [-0.2, 0) is 19.4 Å². The Morgan fingerprint density at radius 3 is 2.71 bits per heavy atom. The number of nitrogens with one attached hydrogen (secondary N) is 2. The van der Waals surface area contributed by atoms with Crippen molar-refractivity contribution in [2.75, 3.05) is 31.6 Å². The summed E-state index contributed by atoms with van der Waals surface area (Å²) in [4.78, 5) is 6.82. The van der Waals surface area contributed by atoms with E-state index in [1.807, 2.05) is 7.05 Å². The highest BCUT2D eigenvalue weighted by atomic mass is 79.9. The lowest BCUT2D eigenvalue weighted by molar-refractivity contribution is 0.380. The van der Waals surface area contributed by atoms with E-state index in [1.54, 1.807) is 0 Å². The van der Waals surface area contributed by atoms with Crippen LogP contribution in [0.1, 0.15) is 37.3 Å². The molecule has 1 aromatic heterocycles. The number of nitrogens with zero attached hydrogens (tertiary/aromatic N) is 3. The van der Waals surface area contributed by atoms with Crippen LogP contribution in [-0.4, -0.2) is 37.8 Å². The number of rotatable bonds is 7. The van der Waals surface area contributed by atoms with Crippen molar-refractivity contribution in [3.05, 3.63) is 45.8 Å². The maximum absolute atomic E-state index is 5.45. The minimum absolute atomic E-state index is 0.607. The van der Waals surface area contributed by atoms with Crippen molar-refractivity contribution in [3.63, 3.8) is 0 Å². The second kappa shape index (κ2) is 9.96. The zero-order chi connectivity index (χ0) is 19.9. The summed E-state index contributed by atoms with van der Waals surface area (Å²) in [5.41, 5.74) is 3.48. The fourth-order valence-electron chi connectivity index (χ4n) is 3.66. The van der Waals surface area contributed by atoms with Crippen LogP contribution >= 0.6 is 15.9 Å². The molecule has 1 aliphatic rings. The molecule has 28 heavy (non-hydrogen) atoms. The van der Waals surface area contributed by atoms with Gasteiger partial charge in [0, 0.05) is 55.4 Å². The minimum atomic E-state index is 0.607. The molecule has 2 heterocycles. The monoisotopic (exact) mass is 447 g/mol. The van der Waals surface area contributed by atoms with E-state index in [4.69, 9.17) is 4.52 Å². The first kappa shape index (κ1) is 20.7. The molecule has 0 saturated carbocycles. The van der Waals surface area contributed by atoms with E-state index >= 15 is 0 Å². The van der Waals surface area contributed by atoms with Gasteiger partial charge in [0.2, 0.25) is 0 Å². The summed E-state index contributed by atoms with van der Waals surface area (Å²) in [5.74, 6) is 2.39. The van der Waals surface area contributed by atoms with Crippen LogP contribution in [0, 0.1) is 5.92 Å². The predicted octanol–water partition coefficient (Wildman–Crippen LogP) is 3.75. The van der Waals surface area contributed by atoms with Gasteiger partial charge in [0.15, 0.2) is 5.96 Å². The molecule has 0 amide bonds. The van der Waals surface area contributed by atoms with Gasteiger partial charge in [-0.1, -0.05) is 34.9 Å². The third-order valence-electron chi connectivity index (χ3n) is 5.30. The van der Waals surface area contributed by atoms with E-state index in [1.165, 1.54) is 12.1 Å². The number of guanidine groups is 1. The molecule has 1 fully saturated rings. The molecule has 0 bridgehead atoms. The summed E-state index contributed by atoms with van der Waals surface area (Å²) in [6, 6.07) is 8.56. The van der Waals surface area contributed by atoms with E-state index in [0.29, 0.717) is 12.5 Å². The Kier molecular flexibility index (Phi) is 7.36. The van der Waals surface area contributed by atoms with Gasteiger partial charge in [-0.25, -0.2) is 0 Å². The fourth-order valence-corrected chi connectivity index (χ4v) is 3.92. The average Bonchev–Trinajstić information content (AvgIpc) is 3.35. The smallest absolute Gasteiger partial charge is 0.191 e. The molecule has 3 rings (SSSR count). The summed E-state index contributed by atoms with van der Waals surface area (Å²) in [7, 11) is 1.81. The lowest BCUT2D eigenvalue weighted by Crippen LogP contribution is -2.40. The standard InChI is InChI=1S/C21H30BrN5O/c1-4-19-18(20(5-2)28-26-19)13-25-21(23-3)24-12-15-10-11-27(14-15)17-8-6-16(22)7-9-17/h6-9,15H,4-5,10-14H2,1-3H3,(H2,23,24,25). The number of aliphatic imine (C=N–C) groups is 1. The summed E-state index contributed by atoms with van der Waals surface area (Å²) in [6.07, 6.45) is 2.91. The number of halogens is 1. The number of anilines is 1. The van der Waals surface area contributed by atoms with Crippen molar-refractivity contribution in [2.24, 2.45) is 10.9 Å². The average molecular weight is 448 g/mol. The van der Waals surface area contributed by atoms with Crippen LogP contribution < -0.4 is 15.5 Å².